The Labute approximate surface area is 204 Å². The Morgan fingerprint density at radius 1 is 0.818 bits per heavy atom. The molecule has 2 heteroatoms. The van der Waals surface area contributed by atoms with Gasteiger partial charge in [0.1, 0.15) is 0 Å². The lowest BCUT2D eigenvalue weighted by Crippen LogP contribution is -2.70. The fourth-order valence-electron chi connectivity index (χ4n) is 11.6. The third-order valence-electron chi connectivity index (χ3n) is 14.6. The standard InChI is InChI=1S/C31H52O2/c1-20-21(19-32)11-13-27(4)15-16-28(5)22(25(20)27)9-10-23-29(28,6)17-18-31(8)26(2,3)24(33)12-14-30(23,31)7/h11,20,22-25,32-33H,9-10,12-19H2,1-8H3. The zero-order valence-electron chi connectivity index (χ0n) is 22.9. The first-order valence-corrected chi connectivity index (χ1v) is 14.2. The molecule has 5 aliphatic rings. The molecule has 33 heavy (non-hydrogen) atoms. The summed E-state index contributed by atoms with van der Waals surface area (Å²) in [7, 11) is 0. The normalized spacial score (nSPS) is 57.8. The summed E-state index contributed by atoms with van der Waals surface area (Å²) in [6.45, 7) is 20.5. The van der Waals surface area contributed by atoms with E-state index in [0.29, 0.717) is 33.5 Å². The molecule has 0 amide bonds. The SMILES string of the molecule is CC1C(CO)=CCC2(C)CCC3(C)C(CCC4C3(C)CCC3(C)C(C)(C)C(O)CCC43C)C12. The average Bonchev–Trinajstić information content (AvgIpc) is 2.75. The predicted octanol–water partition coefficient (Wildman–Crippen LogP) is 7.39. The fraction of sp³-hybridized carbons (Fsp3) is 0.935. The topological polar surface area (TPSA) is 40.5 Å². The zero-order valence-corrected chi connectivity index (χ0v) is 22.9. The van der Waals surface area contributed by atoms with Gasteiger partial charge in [-0.05, 0) is 120 Å². The predicted molar refractivity (Wildman–Crippen MR) is 137 cm³/mol. The number of hydrogen-bond acceptors (Lipinski definition) is 2. The molecular weight excluding hydrogens is 404 g/mol. The number of aliphatic hydroxyl groups is 2. The zero-order chi connectivity index (χ0) is 24.2. The molecule has 0 aromatic heterocycles. The molecule has 188 valence electrons. The van der Waals surface area contributed by atoms with Crippen LogP contribution in [-0.2, 0) is 0 Å². The van der Waals surface area contributed by atoms with Crippen LogP contribution in [0.1, 0.15) is 113 Å². The fourth-order valence-corrected chi connectivity index (χ4v) is 11.6. The van der Waals surface area contributed by atoms with Crippen LogP contribution >= 0.6 is 0 Å². The Bertz CT molecular complexity index is 844. The van der Waals surface area contributed by atoms with Gasteiger partial charge in [-0.15, -0.1) is 0 Å². The molecule has 0 bridgehead atoms. The van der Waals surface area contributed by atoms with Crippen LogP contribution in [0.2, 0.25) is 0 Å². The molecular formula is C31H52O2. The van der Waals surface area contributed by atoms with Crippen LogP contribution in [0.15, 0.2) is 11.6 Å². The van der Waals surface area contributed by atoms with E-state index in [1.54, 1.807) is 0 Å². The first-order chi connectivity index (χ1) is 15.2. The van der Waals surface area contributed by atoms with Crippen LogP contribution in [0.5, 0.6) is 0 Å². The van der Waals surface area contributed by atoms with Crippen molar-refractivity contribution in [3.05, 3.63) is 11.6 Å². The van der Waals surface area contributed by atoms with Crippen LogP contribution in [0.25, 0.3) is 0 Å². The highest BCUT2D eigenvalue weighted by molar-refractivity contribution is 5.24. The monoisotopic (exact) mass is 456 g/mol. The molecule has 0 spiro atoms. The molecule has 5 rings (SSSR count). The summed E-state index contributed by atoms with van der Waals surface area (Å²) in [6, 6.07) is 0. The van der Waals surface area contributed by atoms with Gasteiger partial charge in [-0.2, -0.15) is 0 Å². The molecule has 2 nitrogen and oxygen atoms in total. The molecule has 5 aliphatic carbocycles. The minimum Gasteiger partial charge on any atom is -0.393 e. The first-order valence-electron chi connectivity index (χ1n) is 14.2. The van der Waals surface area contributed by atoms with E-state index in [1.165, 1.54) is 50.5 Å². The Morgan fingerprint density at radius 2 is 1.48 bits per heavy atom. The third kappa shape index (κ3) is 2.69. The lowest BCUT2D eigenvalue weighted by Gasteiger charge is -2.76. The summed E-state index contributed by atoms with van der Waals surface area (Å²) in [6.07, 6.45) is 13.5. The number of fused-ring (bicyclic) bond motifs is 7. The summed E-state index contributed by atoms with van der Waals surface area (Å²) in [5.41, 5.74) is 2.91. The Balaban J connectivity index is 1.57. The summed E-state index contributed by atoms with van der Waals surface area (Å²) in [5.74, 6) is 2.71. The number of aliphatic hydroxyl groups excluding tert-OH is 2. The van der Waals surface area contributed by atoms with Crippen molar-refractivity contribution in [1.29, 1.82) is 0 Å². The second-order valence-electron chi connectivity index (χ2n) is 15.2. The molecule has 0 radical (unpaired) electrons. The molecule has 4 fully saturated rings. The van der Waals surface area contributed by atoms with Crippen LogP contribution < -0.4 is 0 Å². The Hall–Kier alpha value is -0.340. The first kappa shape index (κ1) is 24.4. The van der Waals surface area contributed by atoms with Crippen molar-refractivity contribution < 1.29 is 10.2 Å². The van der Waals surface area contributed by atoms with Gasteiger partial charge in [0.15, 0.2) is 0 Å². The van der Waals surface area contributed by atoms with Crippen molar-refractivity contribution in [1.82, 2.24) is 0 Å². The van der Waals surface area contributed by atoms with E-state index in [2.05, 4.69) is 61.5 Å². The number of rotatable bonds is 1. The van der Waals surface area contributed by atoms with E-state index in [9.17, 15) is 10.2 Å². The summed E-state index contributed by atoms with van der Waals surface area (Å²) < 4.78 is 0. The maximum Gasteiger partial charge on any atom is 0.0644 e. The van der Waals surface area contributed by atoms with Crippen molar-refractivity contribution in [3.8, 4) is 0 Å². The highest BCUT2D eigenvalue weighted by Gasteiger charge is 2.72. The largest absolute Gasteiger partial charge is 0.393 e. The molecule has 4 saturated carbocycles. The van der Waals surface area contributed by atoms with E-state index in [1.807, 2.05) is 0 Å². The van der Waals surface area contributed by atoms with Gasteiger partial charge < -0.3 is 10.2 Å². The van der Waals surface area contributed by atoms with Gasteiger partial charge in [-0.1, -0.05) is 61.5 Å². The molecule has 10 atom stereocenters. The minimum absolute atomic E-state index is 0.0249. The van der Waals surface area contributed by atoms with Crippen molar-refractivity contribution >= 4 is 0 Å². The van der Waals surface area contributed by atoms with Crippen molar-refractivity contribution in [2.75, 3.05) is 6.61 Å². The average molecular weight is 457 g/mol. The number of allylic oxidation sites excluding steroid dienone is 1. The van der Waals surface area contributed by atoms with E-state index in [-0.39, 0.29) is 23.5 Å². The van der Waals surface area contributed by atoms with Gasteiger partial charge >= 0.3 is 0 Å². The second-order valence-corrected chi connectivity index (χ2v) is 15.2. The third-order valence-corrected chi connectivity index (χ3v) is 14.6. The molecule has 0 aromatic rings. The maximum atomic E-state index is 11.1. The van der Waals surface area contributed by atoms with Crippen LogP contribution in [-0.4, -0.2) is 22.9 Å². The highest BCUT2D eigenvalue weighted by Crippen LogP contribution is 2.79. The van der Waals surface area contributed by atoms with Gasteiger partial charge in [0, 0.05) is 0 Å². The molecule has 2 N–H and O–H groups in total. The quantitative estimate of drug-likeness (QED) is 0.404. The Kier molecular flexibility index (Phi) is 5.25. The van der Waals surface area contributed by atoms with Gasteiger partial charge in [0.2, 0.25) is 0 Å². The van der Waals surface area contributed by atoms with E-state index in [0.717, 1.165) is 24.7 Å². The number of hydrogen-bond donors (Lipinski definition) is 2. The van der Waals surface area contributed by atoms with Crippen LogP contribution in [0, 0.1) is 56.2 Å². The van der Waals surface area contributed by atoms with Gasteiger partial charge in [-0.3, -0.25) is 0 Å². The van der Waals surface area contributed by atoms with Crippen LogP contribution in [0.3, 0.4) is 0 Å². The maximum absolute atomic E-state index is 11.1. The van der Waals surface area contributed by atoms with Crippen molar-refractivity contribution in [2.24, 2.45) is 56.2 Å². The summed E-state index contributed by atoms with van der Waals surface area (Å²) in [4.78, 5) is 0. The lowest BCUT2D eigenvalue weighted by atomic mass is 9.29. The van der Waals surface area contributed by atoms with Crippen molar-refractivity contribution in [3.63, 3.8) is 0 Å². The van der Waals surface area contributed by atoms with Crippen molar-refractivity contribution in [2.45, 2.75) is 119 Å². The molecule has 0 saturated heterocycles. The van der Waals surface area contributed by atoms with E-state index < -0.39 is 0 Å². The summed E-state index contributed by atoms with van der Waals surface area (Å²) in [5, 5.41) is 21.2. The smallest absolute Gasteiger partial charge is 0.0644 e. The molecule has 0 aromatic carbocycles. The molecule has 0 heterocycles. The lowest BCUT2D eigenvalue weighted by molar-refractivity contribution is -0.281. The minimum atomic E-state index is -0.172. The van der Waals surface area contributed by atoms with E-state index >= 15 is 0 Å². The molecule has 0 aliphatic heterocycles. The Morgan fingerprint density at radius 3 is 2.15 bits per heavy atom. The van der Waals surface area contributed by atoms with E-state index in [4.69, 9.17) is 0 Å². The van der Waals surface area contributed by atoms with Gasteiger partial charge in [-0.25, -0.2) is 0 Å². The second kappa shape index (κ2) is 7.12. The molecule has 10 unspecified atom stereocenters. The van der Waals surface area contributed by atoms with Crippen LogP contribution in [0.4, 0.5) is 0 Å². The highest BCUT2D eigenvalue weighted by atomic mass is 16.3. The van der Waals surface area contributed by atoms with Gasteiger partial charge in [0.25, 0.3) is 0 Å². The summed E-state index contributed by atoms with van der Waals surface area (Å²) >= 11 is 0. The van der Waals surface area contributed by atoms with Gasteiger partial charge in [0.05, 0.1) is 12.7 Å².